The maximum absolute atomic E-state index is 6.59. The van der Waals surface area contributed by atoms with E-state index in [0.717, 1.165) is 28.6 Å². The summed E-state index contributed by atoms with van der Waals surface area (Å²) in [5.41, 5.74) is 6.37. The molecule has 2 aliphatic rings. The van der Waals surface area contributed by atoms with Gasteiger partial charge in [0.05, 0.1) is 5.54 Å². The van der Waals surface area contributed by atoms with Crippen LogP contribution in [0.4, 0.5) is 0 Å². The van der Waals surface area contributed by atoms with Crippen LogP contribution in [0.3, 0.4) is 0 Å². The van der Waals surface area contributed by atoms with Crippen LogP contribution in [0.2, 0.25) is 0 Å². The third kappa shape index (κ3) is 1.97. The molecule has 2 heterocycles. The molecule has 0 unspecified atom stereocenters. The summed E-state index contributed by atoms with van der Waals surface area (Å²) in [6.45, 7) is 0. The minimum Gasteiger partial charge on any atom is -0.319 e. The molecule has 6 heteroatoms. The lowest BCUT2D eigenvalue weighted by atomic mass is 9.83. The second-order valence-electron chi connectivity index (χ2n) is 6.36. The van der Waals surface area contributed by atoms with E-state index in [1.807, 2.05) is 4.52 Å². The van der Waals surface area contributed by atoms with Crippen LogP contribution in [0.1, 0.15) is 74.5 Å². The molecule has 2 N–H and O–H groups in total. The molecular formula is C14H21N5S. The Morgan fingerprint density at radius 1 is 1.05 bits per heavy atom. The number of rotatable bonds is 2. The first-order valence-corrected chi connectivity index (χ1v) is 8.59. The van der Waals surface area contributed by atoms with E-state index in [-0.39, 0.29) is 5.54 Å². The minimum absolute atomic E-state index is 0.226. The van der Waals surface area contributed by atoms with Crippen molar-refractivity contribution >= 4 is 16.3 Å². The quantitative estimate of drug-likeness (QED) is 0.923. The number of hydrogen-bond acceptors (Lipinski definition) is 5. The van der Waals surface area contributed by atoms with Gasteiger partial charge in [0.25, 0.3) is 0 Å². The molecule has 0 aromatic carbocycles. The van der Waals surface area contributed by atoms with Crippen LogP contribution >= 0.6 is 11.3 Å². The van der Waals surface area contributed by atoms with Crippen LogP contribution in [0.15, 0.2) is 0 Å². The predicted molar refractivity (Wildman–Crippen MR) is 78.8 cm³/mol. The van der Waals surface area contributed by atoms with E-state index in [1.165, 1.54) is 44.9 Å². The normalized spacial score (nSPS) is 23.6. The summed E-state index contributed by atoms with van der Waals surface area (Å²) in [5.74, 6) is 1.60. The Hall–Kier alpha value is -1.01. The van der Waals surface area contributed by atoms with E-state index in [1.54, 1.807) is 11.3 Å². The van der Waals surface area contributed by atoms with Gasteiger partial charge in [-0.3, -0.25) is 0 Å². The van der Waals surface area contributed by atoms with Crippen molar-refractivity contribution < 1.29 is 0 Å². The van der Waals surface area contributed by atoms with Crippen molar-refractivity contribution in [2.24, 2.45) is 5.73 Å². The Morgan fingerprint density at radius 2 is 1.80 bits per heavy atom. The highest BCUT2D eigenvalue weighted by atomic mass is 32.1. The molecule has 0 radical (unpaired) electrons. The van der Waals surface area contributed by atoms with Gasteiger partial charge in [-0.15, -0.1) is 10.2 Å². The lowest BCUT2D eigenvalue weighted by Gasteiger charge is -2.30. The van der Waals surface area contributed by atoms with E-state index < -0.39 is 0 Å². The highest BCUT2D eigenvalue weighted by molar-refractivity contribution is 7.16. The van der Waals surface area contributed by atoms with E-state index >= 15 is 0 Å². The third-order valence-corrected chi connectivity index (χ3v) is 6.03. The van der Waals surface area contributed by atoms with Crippen LogP contribution in [-0.2, 0) is 5.54 Å². The molecule has 2 aromatic rings. The minimum atomic E-state index is -0.226. The summed E-state index contributed by atoms with van der Waals surface area (Å²) in [6, 6.07) is 0. The van der Waals surface area contributed by atoms with Crippen molar-refractivity contribution in [2.75, 3.05) is 0 Å². The molecule has 4 rings (SSSR count). The van der Waals surface area contributed by atoms with Crippen LogP contribution in [0, 0.1) is 0 Å². The number of fused-ring (bicyclic) bond motifs is 1. The molecule has 5 nitrogen and oxygen atoms in total. The fourth-order valence-corrected chi connectivity index (χ4v) is 4.67. The van der Waals surface area contributed by atoms with Gasteiger partial charge in [0.2, 0.25) is 4.96 Å². The molecule has 0 bridgehead atoms. The standard InChI is InChI=1S/C14H21N5S/c15-14(8-4-1-5-9-14)12-18-19-11(10-6-2-3-7-10)16-17-13(19)20-12/h10H,1-9,15H2. The van der Waals surface area contributed by atoms with Crippen LogP contribution in [0.5, 0.6) is 0 Å². The molecule has 0 spiro atoms. The molecule has 0 amide bonds. The molecular weight excluding hydrogens is 270 g/mol. The SMILES string of the molecule is NC1(c2nn3c(C4CCCC4)nnc3s2)CCCCC1. The fourth-order valence-electron chi connectivity index (χ4n) is 3.67. The highest BCUT2D eigenvalue weighted by Gasteiger charge is 2.34. The van der Waals surface area contributed by atoms with Crippen molar-refractivity contribution in [3.63, 3.8) is 0 Å². The maximum Gasteiger partial charge on any atom is 0.234 e. The van der Waals surface area contributed by atoms with E-state index in [4.69, 9.17) is 10.8 Å². The first kappa shape index (κ1) is 12.7. The topological polar surface area (TPSA) is 69.1 Å². The number of aromatic nitrogens is 4. The van der Waals surface area contributed by atoms with Gasteiger partial charge in [-0.2, -0.15) is 9.61 Å². The van der Waals surface area contributed by atoms with Crippen molar-refractivity contribution in [2.45, 2.75) is 69.2 Å². The lowest BCUT2D eigenvalue weighted by molar-refractivity contribution is 0.299. The maximum atomic E-state index is 6.59. The number of nitrogens with zero attached hydrogens (tertiary/aromatic N) is 4. The average Bonchev–Trinajstić information content (AvgIpc) is 3.15. The van der Waals surface area contributed by atoms with Gasteiger partial charge in [-0.25, -0.2) is 0 Å². The molecule has 0 saturated heterocycles. The van der Waals surface area contributed by atoms with E-state index in [2.05, 4.69) is 10.2 Å². The Kier molecular flexibility index (Phi) is 3.03. The zero-order valence-corrected chi connectivity index (χ0v) is 12.5. The van der Waals surface area contributed by atoms with Crippen molar-refractivity contribution in [3.05, 3.63) is 10.8 Å². The Balaban J connectivity index is 1.71. The zero-order chi connectivity index (χ0) is 13.6. The summed E-state index contributed by atoms with van der Waals surface area (Å²) in [4.78, 5) is 0.914. The van der Waals surface area contributed by atoms with Gasteiger partial charge in [0, 0.05) is 5.92 Å². The van der Waals surface area contributed by atoms with Crippen molar-refractivity contribution in [1.29, 1.82) is 0 Å². The van der Waals surface area contributed by atoms with Crippen molar-refractivity contribution in [1.82, 2.24) is 19.8 Å². The van der Waals surface area contributed by atoms with Gasteiger partial charge >= 0.3 is 0 Å². The van der Waals surface area contributed by atoms with Crippen molar-refractivity contribution in [3.8, 4) is 0 Å². The van der Waals surface area contributed by atoms with E-state index in [0.29, 0.717) is 5.92 Å². The second-order valence-corrected chi connectivity index (χ2v) is 7.31. The summed E-state index contributed by atoms with van der Waals surface area (Å²) in [6.07, 6.45) is 10.9. The third-order valence-electron chi connectivity index (χ3n) is 4.91. The second kappa shape index (κ2) is 4.77. The van der Waals surface area contributed by atoms with Gasteiger partial charge in [0.15, 0.2) is 5.82 Å². The monoisotopic (exact) mass is 291 g/mol. The first-order valence-electron chi connectivity index (χ1n) is 7.78. The van der Waals surface area contributed by atoms with Crippen LogP contribution in [0.25, 0.3) is 4.96 Å². The smallest absolute Gasteiger partial charge is 0.234 e. The van der Waals surface area contributed by atoms with Crippen LogP contribution in [-0.4, -0.2) is 19.8 Å². The van der Waals surface area contributed by atoms with Gasteiger partial charge < -0.3 is 5.73 Å². The first-order chi connectivity index (χ1) is 9.76. The Bertz CT molecular complexity index is 604. The molecule has 20 heavy (non-hydrogen) atoms. The lowest BCUT2D eigenvalue weighted by Crippen LogP contribution is -2.38. The molecule has 2 aromatic heterocycles. The Labute approximate surface area is 122 Å². The Morgan fingerprint density at radius 3 is 2.55 bits per heavy atom. The molecule has 2 aliphatic carbocycles. The molecule has 2 saturated carbocycles. The summed E-state index contributed by atoms with van der Waals surface area (Å²) in [7, 11) is 0. The number of hydrogen-bond donors (Lipinski definition) is 1. The summed E-state index contributed by atoms with van der Waals surface area (Å²) >= 11 is 1.64. The fraction of sp³-hybridized carbons (Fsp3) is 0.786. The highest BCUT2D eigenvalue weighted by Crippen LogP contribution is 2.38. The molecule has 108 valence electrons. The average molecular weight is 291 g/mol. The molecule has 0 atom stereocenters. The number of nitrogens with two attached hydrogens (primary N) is 1. The summed E-state index contributed by atoms with van der Waals surface area (Å²) < 4.78 is 1.97. The zero-order valence-electron chi connectivity index (χ0n) is 11.7. The summed E-state index contributed by atoms with van der Waals surface area (Å²) in [5, 5.41) is 14.5. The molecule has 2 fully saturated rings. The van der Waals surface area contributed by atoms with Crippen LogP contribution < -0.4 is 5.73 Å². The molecule has 0 aliphatic heterocycles. The van der Waals surface area contributed by atoms with Gasteiger partial charge in [-0.1, -0.05) is 43.4 Å². The van der Waals surface area contributed by atoms with Gasteiger partial charge in [0.1, 0.15) is 5.01 Å². The van der Waals surface area contributed by atoms with E-state index in [9.17, 15) is 0 Å². The van der Waals surface area contributed by atoms with Gasteiger partial charge in [-0.05, 0) is 25.7 Å². The predicted octanol–water partition coefficient (Wildman–Crippen LogP) is 2.96. The largest absolute Gasteiger partial charge is 0.319 e.